The summed E-state index contributed by atoms with van der Waals surface area (Å²) < 4.78 is 15.5. The Kier molecular flexibility index (Phi) is 7.52. The minimum absolute atomic E-state index is 0.0180. The van der Waals surface area contributed by atoms with E-state index >= 15 is 0 Å². The van der Waals surface area contributed by atoms with Crippen LogP contribution in [0.2, 0.25) is 5.02 Å². The van der Waals surface area contributed by atoms with Crippen molar-refractivity contribution in [2.24, 2.45) is 4.99 Å². The summed E-state index contributed by atoms with van der Waals surface area (Å²) in [5.41, 5.74) is 2.24. The van der Waals surface area contributed by atoms with Crippen molar-refractivity contribution in [2.45, 2.75) is 18.2 Å². The number of aliphatic imine (C=N–C) groups is 1. The van der Waals surface area contributed by atoms with Gasteiger partial charge in [-0.15, -0.1) is 0 Å². The maximum atomic E-state index is 13.3. The van der Waals surface area contributed by atoms with Crippen LogP contribution in [0.1, 0.15) is 22.3 Å². The van der Waals surface area contributed by atoms with E-state index in [9.17, 15) is 14.4 Å². The zero-order chi connectivity index (χ0) is 26.6. The molecule has 5 rings (SSSR count). The molecule has 0 spiro atoms. The zero-order valence-electron chi connectivity index (χ0n) is 20.2. The van der Waals surface area contributed by atoms with Crippen LogP contribution in [0.4, 0.5) is 11.4 Å². The first-order valence-corrected chi connectivity index (χ1v) is 12.8. The van der Waals surface area contributed by atoms with E-state index in [1.807, 2.05) is 12.1 Å². The number of esters is 1. The number of nitrogens with zero attached hydrogens (tertiary/aromatic N) is 2. The van der Waals surface area contributed by atoms with Gasteiger partial charge in [-0.3, -0.25) is 14.5 Å². The highest BCUT2D eigenvalue weighted by molar-refractivity contribution is 8.15. The van der Waals surface area contributed by atoms with Crippen molar-refractivity contribution < 1.29 is 28.6 Å². The van der Waals surface area contributed by atoms with Crippen LogP contribution in [-0.4, -0.2) is 47.0 Å². The Hall–Kier alpha value is -4.02. The Morgan fingerprint density at radius 2 is 1.89 bits per heavy atom. The van der Waals surface area contributed by atoms with Crippen molar-refractivity contribution in [3.8, 4) is 11.5 Å². The first-order chi connectivity index (χ1) is 18.4. The molecule has 2 aliphatic rings. The van der Waals surface area contributed by atoms with E-state index in [-0.39, 0.29) is 31.6 Å². The summed E-state index contributed by atoms with van der Waals surface area (Å²) in [5, 5.41) is 2.98. The van der Waals surface area contributed by atoms with E-state index in [1.165, 1.54) is 18.9 Å². The predicted octanol–water partition coefficient (Wildman–Crippen LogP) is 5.02. The molecule has 38 heavy (non-hydrogen) atoms. The van der Waals surface area contributed by atoms with Gasteiger partial charge in [-0.05, 0) is 60.2 Å². The van der Waals surface area contributed by atoms with Gasteiger partial charge in [-0.2, -0.15) is 0 Å². The van der Waals surface area contributed by atoms with E-state index in [2.05, 4.69) is 10.3 Å². The fraction of sp³-hybridized carbons (Fsp3) is 0.185. The third kappa shape index (κ3) is 5.76. The highest BCUT2D eigenvalue weighted by atomic mass is 35.5. The second-order valence-electron chi connectivity index (χ2n) is 8.41. The number of hydrogen-bond acceptors (Lipinski definition) is 8. The first-order valence-electron chi connectivity index (χ1n) is 11.6. The van der Waals surface area contributed by atoms with Crippen LogP contribution in [0, 0.1) is 0 Å². The smallest absolute Gasteiger partial charge is 0.337 e. The Balaban J connectivity index is 1.37. The first kappa shape index (κ1) is 25.6. The van der Waals surface area contributed by atoms with E-state index in [1.54, 1.807) is 59.5 Å². The number of nitrogens with one attached hydrogen (secondary N) is 1. The molecule has 0 radical (unpaired) electrons. The standard InChI is InChI=1S/C27H22ClN3O6S/c1-35-26(34)17-6-8-19(9-7-17)29-25(33)23-13-24(32)31(14-16-5-10-21-22(11-16)37-15-36-21)27(38-23)30-20-4-2-3-18(28)12-20/h2-12,23H,13-15H2,1H3,(H,29,33). The average Bonchev–Trinajstić information content (AvgIpc) is 3.38. The van der Waals surface area contributed by atoms with Crippen molar-refractivity contribution in [2.75, 3.05) is 19.2 Å². The molecule has 1 N–H and O–H groups in total. The van der Waals surface area contributed by atoms with Crippen LogP contribution in [-0.2, 0) is 20.9 Å². The van der Waals surface area contributed by atoms with E-state index < -0.39 is 11.2 Å². The van der Waals surface area contributed by atoms with Crippen molar-refractivity contribution >= 4 is 57.7 Å². The molecule has 194 valence electrons. The largest absolute Gasteiger partial charge is 0.465 e. The molecule has 2 aliphatic heterocycles. The van der Waals surface area contributed by atoms with Crippen molar-refractivity contribution in [3.63, 3.8) is 0 Å². The van der Waals surface area contributed by atoms with Crippen LogP contribution in [0.3, 0.4) is 0 Å². The summed E-state index contributed by atoms with van der Waals surface area (Å²) in [4.78, 5) is 44.4. The van der Waals surface area contributed by atoms with Crippen LogP contribution in [0.5, 0.6) is 11.5 Å². The summed E-state index contributed by atoms with van der Waals surface area (Å²) in [6.45, 7) is 0.395. The molecule has 1 fully saturated rings. The topological polar surface area (TPSA) is 107 Å². The number of amidine groups is 1. The lowest BCUT2D eigenvalue weighted by molar-refractivity contribution is -0.129. The van der Waals surface area contributed by atoms with Gasteiger partial charge in [0.05, 0.1) is 24.9 Å². The molecule has 1 saturated heterocycles. The van der Waals surface area contributed by atoms with Gasteiger partial charge in [0.2, 0.25) is 18.6 Å². The van der Waals surface area contributed by atoms with Crippen molar-refractivity contribution in [3.05, 3.63) is 82.9 Å². The number of halogens is 1. The number of hydrogen-bond donors (Lipinski definition) is 1. The molecule has 1 unspecified atom stereocenters. The number of ether oxygens (including phenoxy) is 3. The summed E-state index contributed by atoms with van der Waals surface area (Å²) in [7, 11) is 1.30. The van der Waals surface area contributed by atoms with Gasteiger partial charge in [0.15, 0.2) is 16.7 Å². The number of methoxy groups -OCH3 is 1. The van der Waals surface area contributed by atoms with Crippen LogP contribution < -0.4 is 14.8 Å². The number of thioether (sulfide) groups is 1. The molecule has 0 aromatic heterocycles. The normalized spacial score (nSPS) is 17.4. The Labute approximate surface area is 227 Å². The Morgan fingerprint density at radius 3 is 2.66 bits per heavy atom. The number of anilines is 1. The summed E-state index contributed by atoms with van der Waals surface area (Å²) in [5.74, 6) is 0.195. The highest BCUT2D eigenvalue weighted by Crippen LogP contribution is 2.35. The minimum atomic E-state index is -0.714. The van der Waals surface area contributed by atoms with E-state index in [4.69, 9.17) is 25.8 Å². The maximum Gasteiger partial charge on any atom is 0.337 e. The quantitative estimate of drug-likeness (QED) is 0.429. The Morgan fingerprint density at radius 1 is 1.11 bits per heavy atom. The fourth-order valence-corrected chi connectivity index (χ4v) is 5.19. The SMILES string of the molecule is COC(=O)c1ccc(NC(=O)C2CC(=O)N(Cc3ccc4c(c3)OCO4)C(=Nc3cccc(Cl)c3)S2)cc1. The number of benzene rings is 3. The molecule has 11 heteroatoms. The molecular formula is C27H22ClN3O6S. The van der Waals surface area contributed by atoms with Gasteiger partial charge < -0.3 is 19.5 Å². The Bertz CT molecular complexity index is 1430. The van der Waals surface area contributed by atoms with E-state index in [0.717, 1.165) is 5.56 Å². The average molecular weight is 552 g/mol. The third-order valence-electron chi connectivity index (χ3n) is 5.82. The molecule has 3 aromatic rings. The minimum Gasteiger partial charge on any atom is -0.465 e. The molecule has 0 aliphatic carbocycles. The number of carbonyl (C=O) groups is 3. The highest BCUT2D eigenvalue weighted by Gasteiger charge is 2.36. The van der Waals surface area contributed by atoms with Gasteiger partial charge >= 0.3 is 5.97 Å². The van der Waals surface area contributed by atoms with Crippen LogP contribution in [0.15, 0.2) is 71.7 Å². The van der Waals surface area contributed by atoms with Crippen LogP contribution in [0.25, 0.3) is 0 Å². The van der Waals surface area contributed by atoms with Gasteiger partial charge in [-0.1, -0.05) is 35.5 Å². The number of fused-ring (bicyclic) bond motifs is 1. The summed E-state index contributed by atoms with van der Waals surface area (Å²) in [6.07, 6.45) is -0.0180. The molecule has 2 heterocycles. The maximum absolute atomic E-state index is 13.3. The lowest BCUT2D eigenvalue weighted by atomic mass is 10.1. The van der Waals surface area contributed by atoms with Gasteiger partial charge in [0.1, 0.15) is 5.25 Å². The molecule has 3 aromatic carbocycles. The second kappa shape index (κ2) is 11.2. The summed E-state index contributed by atoms with van der Waals surface area (Å²) >= 11 is 7.34. The summed E-state index contributed by atoms with van der Waals surface area (Å²) in [6, 6.07) is 18.8. The van der Waals surface area contributed by atoms with Gasteiger partial charge in [0, 0.05) is 17.1 Å². The molecule has 0 saturated carbocycles. The van der Waals surface area contributed by atoms with Crippen molar-refractivity contribution in [1.82, 2.24) is 4.90 Å². The second-order valence-corrected chi connectivity index (χ2v) is 10.0. The zero-order valence-corrected chi connectivity index (χ0v) is 21.8. The fourth-order valence-electron chi connectivity index (χ4n) is 3.90. The monoisotopic (exact) mass is 551 g/mol. The number of amides is 2. The third-order valence-corrected chi connectivity index (χ3v) is 7.24. The lowest BCUT2D eigenvalue weighted by Gasteiger charge is -2.32. The molecule has 9 nitrogen and oxygen atoms in total. The number of rotatable bonds is 6. The molecule has 0 bridgehead atoms. The van der Waals surface area contributed by atoms with Gasteiger partial charge in [-0.25, -0.2) is 9.79 Å². The molecule has 2 amide bonds. The predicted molar refractivity (Wildman–Crippen MR) is 144 cm³/mol. The molecular weight excluding hydrogens is 530 g/mol. The van der Waals surface area contributed by atoms with Gasteiger partial charge in [0.25, 0.3) is 0 Å². The van der Waals surface area contributed by atoms with E-state index in [0.29, 0.717) is 38.6 Å². The lowest BCUT2D eigenvalue weighted by Crippen LogP contribution is -2.44. The van der Waals surface area contributed by atoms with Crippen molar-refractivity contribution in [1.29, 1.82) is 0 Å². The van der Waals surface area contributed by atoms with Crippen LogP contribution >= 0.6 is 23.4 Å². The molecule has 1 atom stereocenters. The number of carbonyl (C=O) groups excluding carboxylic acids is 3.